The van der Waals surface area contributed by atoms with Gasteiger partial charge in [-0.3, -0.25) is 10.1 Å². The zero-order chi connectivity index (χ0) is 18.6. The molecule has 1 aliphatic carbocycles. The molecule has 25 heavy (non-hydrogen) atoms. The van der Waals surface area contributed by atoms with Gasteiger partial charge in [0, 0.05) is 11.7 Å². The van der Waals surface area contributed by atoms with Crippen LogP contribution in [0.4, 0.5) is 4.79 Å². The molecule has 0 saturated heterocycles. The van der Waals surface area contributed by atoms with Crippen LogP contribution in [0.1, 0.15) is 51.9 Å². The Balaban J connectivity index is 1.91. The van der Waals surface area contributed by atoms with E-state index < -0.39 is 30.5 Å². The number of aromatic amines is 1. The second-order valence-corrected chi connectivity index (χ2v) is 5.72. The topological polar surface area (TPSA) is 127 Å². The zero-order valence-electron chi connectivity index (χ0n) is 14.4. The van der Waals surface area contributed by atoms with Gasteiger partial charge in [-0.15, -0.1) is 0 Å². The number of nitrogens with one attached hydrogen (secondary N) is 3. The molecule has 0 atom stereocenters. The first-order chi connectivity index (χ1) is 11.8. The molecule has 1 aliphatic rings. The van der Waals surface area contributed by atoms with Crippen molar-refractivity contribution in [3.05, 3.63) is 22.5 Å². The Labute approximate surface area is 144 Å². The molecule has 0 radical (unpaired) electrons. The minimum Gasteiger partial charge on any atom is -0.462 e. The third-order valence-corrected chi connectivity index (χ3v) is 3.62. The van der Waals surface area contributed by atoms with Gasteiger partial charge in [0.25, 0.3) is 5.91 Å². The number of esters is 2. The van der Waals surface area contributed by atoms with Crippen molar-refractivity contribution < 1.29 is 28.7 Å². The van der Waals surface area contributed by atoms with Gasteiger partial charge in [-0.25, -0.2) is 14.4 Å². The lowest BCUT2D eigenvalue weighted by Gasteiger charge is -2.06. The Kier molecular flexibility index (Phi) is 5.79. The van der Waals surface area contributed by atoms with Crippen LogP contribution in [0.5, 0.6) is 0 Å². The van der Waals surface area contributed by atoms with Gasteiger partial charge in [-0.05, 0) is 39.2 Å². The third-order valence-electron chi connectivity index (χ3n) is 3.62. The van der Waals surface area contributed by atoms with Gasteiger partial charge in [-0.1, -0.05) is 0 Å². The summed E-state index contributed by atoms with van der Waals surface area (Å²) in [6.45, 7) is 4.50. The van der Waals surface area contributed by atoms with Crippen LogP contribution >= 0.6 is 0 Å². The second kappa shape index (κ2) is 7.82. The minimum atomic E-state index is -0.797. The molecule has 1 aromatic rings. The van der Waals surface area contributed by atoms with E-state index in [9.17, 15) is 19.2 Å². The minimum absolute atomic E-state index is 0.0655. The number of hydrogen-bond donors (Lipinski definition) is 3. The standard InChI is InChI=1S/C16H21N3O6/c1-4-24-14(21)12-8(2)13(17-9(12)3)15(22)25-7-11(20)19-16(23)18-10-5-6-10/h10,17H,4-7H2,1-3H3,(H2,18,19,20,23). The van der Waals surface area contributed by atoms with Crippen molar-refractivity contribution in [2.45, 2.75) is 39.7 Å². The van der Waals surface area contributed by atoms with E-state index in [1.807, 2.05) is 0 Å². The van der Waals surface area contributed by atoms with E-state index in [1.54, 1.807) is 20.8 Å². The number of rotatable bonds is 6. The van der Waals surface area contributed by atoms with Gasteiger partial charge in [0.05, 0.1) is 12.2 Å². The second-order valence-electron chi connectivity index (χ2n) is 5.72. The average Bonchev–Trinajstić information content (AvgIpc) is 3.28. The molecule has 1 saturated carbocycles. The molecule has 0 spiro atoms. The van der Waals surface area contributed by atoms with E-state index in [2.05, 4.69) is 15.6 Å². The maximum absolute atomic E-state index is 12.1. The molecule has 1 heterocycles. The summed E-state index contributed by atoms with van der Waals surface area (Å²) in [6.07, 6.45) is 1.79. The molecular formula is C16H21N3O6. The monoisotopic (exact) mass is 351 g/mol. The number of carbonyl (C=O) groups excluding carboxylic acids is 4. The number of amides is 3. The number of H-pyrrole nitrogens is 1. The summed E-state index contributed by atoms with van der Waals surface area (Å²) >= 11 is 0. The fraction of sp³-hybridized carbons (Fsp3) is 0.500. The van der Waals surface area contributed by atoms with Gasteiger partial charge in [0.1, 0.15) is 5.69 Å². The maximum Gasteiger partial charge on any atom is 0.355 e. The highest BCUT2D eigenvalue weighted by atomic mass is 16.5. The van der Waals surface area contributed by atoms with Gasteiger partial charge in [-0.2, -0.15) is 0 Å². The van der Waals surface area contributed by atoms with Crippen molar-refractivity contribution in [3.63, 3.8) is 0 Å². The van der Waals surface area contributed by atoms with E-state index in [-0.39, 0.29) is 23.9 Å². The van der Waals surface area contributed by atoms with Crippen LogP contribution in [0.3, 0.4) is 0 Å². The van der Waals surface area contributed by atoms with Crippen LogP contribution < -0.4 is 10.6 Å². The highest BCUT2D eigenvalue weighted by Crippen LogP contribution is 2.20. The Bertz CT molecular complexity index is 705. The summed E-state index contributed by atoms with van der Waals surface area (Å²) in [5.74, 6) is -2.07. The molecule has 0 bridgehead atoms. The summed E-state index contributed by atoms with van der Waals surface area (Å²) in [6, 6.07) is -0.499. The van der Waals surface area contributed by atoms with Crippen molar-refractivity contribution in [2.75, 3.05) is 13.2 Å². The Hall–Kier alpha value is -2.84. The Morgan fingerprint density at radius 2 is 1.80 bits per heavy atom. The highest BCUT2D eigenvalue weighted by Gasteiger charge is 2.25. The zero-order valence-corrected chi connectivity index (χ0v) is 14.4. The first-order valence-electron chi connectivity index (χ1n) is 7.97. The third kappa shape index (κ3) is 4.82. The number of hydrogen-bond acceptors (Lipinski definition) is 6. The van der Waals surface area contributed by atoms with Crippen molar-refractivity contribution in [2.24, 2.45) is 0 Å². The normalized spacial score (nSPS) is 13.1. The van der Waals surface area contributed by atoms with Crippen molar-refractivity contribution in [3.8, 4) is 0 Å². The van der Waals surface area contributed by atoms with Crippen molar-refractivity contribution >= 4 is 23.9 Å². The number of aromatic nitrogens is 1. The first kappa shape index (κ1) is 18.5. The Morgan fingerprint density at radius 1 is 1.12 bits per heavy atom. The molecule has 1 fully saturated rings. The highest BCUT2D eigenvalue weighted by molar-refractivity contribution is 6.00. The largest absolute Gasteiger partial charge is 0.462 e. The number of imide groups is 1. The summed E-state index contributed by atoms with van der Waals surface area (Å²) in [7, 11) is 0. The van der Waals surface area contributed by atoms with E-state index in [0.717, 1.165) is 12.8 Å². The van der Waals surface area contributed by atoms with Crippen LogP contribution in [0.25, 0.3) is 0 Å². The quantitative estimate of drug-likeness (QED) is 0.655. The Morgan fingerprint density at radius 3 is 2.40 bits per heavy atom. The molecule has 0 aliphatic heterocycles. The fourth-order valence-corrected chi connectivity index (χ4v) is 2.28. The molecule has 0 unspecified atom stereocenters. The smallest absolute Gasteiger partial charge is 0.355 e. The van der Waals surface area contributed by atoms with Crippen LogP contribution in [-0.2, 0) is 14.3 Å². The maximum atomic E-state index is 12.1. The van der Waals surface area contributed by atoms with Gasteiger partial charge < -0.3 is 19.8 Å². The number of aryl methyl sites for hydroxylation is 1. The summed E-state index contributed by atoms with van der Waals surface area (Å²) in [4.78, 5) is 49.8. The van der Waals surface area contributed by atoms with Crippen molar-refractivity contribution in [1.29, 1.82) is 0 Å². The first-order valence-corrected chi connectivity index (χ1v) is 7.97. The van der Waals surface area contributed by atoms with E-state index >= 15 is 0 Å². The number of urea groups is 1. The molecule has 0 aromatic carbocycles. The number of ether oxygens (including phenoxy) is 2. The molecule has 3 N–H and O–H groups in total. The molecule has 3 amide bonds. The van der Waals surface area contributed by atoms with Gasteiger partial charge in [0.15, 0.2) is 6.61 Å². The van der Waals surface area contributed by atoms with Gasteiger partial charge in [0.2, 0.25) is 0 Å². The van der Waals surface area contributed by atoms with E-state index in [1.165, 1.54) is 0 Å². The molecule has 136 valence electrons. The predicted octanol–water partition coefficient (Wildman–Crippen LogP) is 0.953. The van der Waals surface area contributed by atoms with E-state index in [4.69, 9.17) is 9.47 Å². The van der Waals surface area contributed by atoms with Crippen LogP contribution in [-0.4, -0.2) is 48.1 Å². The summed E-state index contributed by atoms with van der Waals surface area (Å²) < 4.78 is 9.83. The summed E-state index contributed by atoms with van der Waals surface area (Å²) in [5, 5.41) is 4.65. The molecule has 1 aromatic heterocycles. The lowest BCUT2D eigenvalue weighted by atomic mass is 10.1. The molecular weight excluding hydrogens is 330 g/mol. The molecule has 9 heteroatoms. The molecule has 2 rings (SSSR count). The van der Waals surface area contributed by atoms with Crippen LogP contribution in [0.15, 0.2) is 0 Å². The predicted molar refractivity (Wildman–Crippen MR) is 86.2 cm³/mol. The van der Waals surface area contributed by atoms with E-state index in [0.29, 0.717) is 11.3 Å². The average molecular weight is 351 g/mol. The fourth-order valence-electron chi connectivity index (χ4n) is 2.28. The van der Waals surface area contributed by atoms with Crippen LogP contribution in [0.2, 0.25) is 0 Å². The lowest BCUT2D eigenvalue weighted by molar-refractivity contribution is -0.123. The van der Waals surface area contributed by atoms with Crippen LogP contribution in [0, 0.1) is 13.8 Å². The molecule has 9 nitrogen and oxygen atoms in total. The van der Waals surface area contributed by atoms with Crippen molar-refractivity contribution in [1.82, 2.24) is 15.6 Å². The van der Waals surface area contributed by atoms with Gasteiger partial charge >= 0.3 is 18.0 Å². The summed E-state index contributed by atoms with van der Waals surface area (Å²) in [5.41, 5.74) is 1.18. The SMILES string of the molecule is CCOC(=O)c1c(C)[nH]c(C(=O)OCC(=O)NC(=O)NC2CC2)c1C. The number of carbonyl (C=O) groups is 4. The lowest BCUT2D eigenvalue weighted by Crippen LogP contribution is -2.42.